The second-order valence-electron chi connectivity index (χ2n) is 4.01. The molecule has 1 amide bonds. The summed E-state index contributed by atoms with van der Waals surface area (Å²) in [6.07, 6.45) is 3.26. The lowest BCUT2D eigenvalue weighted by atomic mass is 10.1. The number of carbonyl (C=O) groups excluding carboxylic acids is 1. The Balaban J connectivity index is 2.48. The van der Waals surface area contributed by atoms with Gasteiger partial charge in [0.05, 0.1) is 7.11 Å². The molecule has 100 valence electrons. The summed E-state index contributed by atoms with van der Waals surface area (Å²) in [6, 6.07) is 4.28. The zero-order valence-corrected chi connectivity index (χ0v) is 11.2. The molecule has 0 fully saturated rings. The average molecular weight is 251 g/mol. The van der Waals surface area contributed by atoms with E-state index in [0.29, 0.717) is 6.54 Å². The highest BCUT2D eigenvalue weighted by molar-refractivity contribution is 5.66. The van der Waals surface area contributed by atoms with Crippen LogP contribution in [0.4, 0.5) is 4.79 Å². The first-order chi connectivity index (χ1) is 8.69. The fourth-order valence-electron chi connectivity index (χ4n) is 1.83. The summed E-state index contributed by atoms with van der Waals surface area (Å²) < 4.78 is 4.53. The maximum atomic E-state index is 11.0. The molecule has 0 aliphatic rings. The van der Waals surface area contributed by atoms with E-state index < -0.39 is 0 Å². The zero-order valence-electron chi connectivity index (χ0n) is 11.2. The van der Waals surface area contributed by atoms with Crippen molar-refractivity contribution < 1.29 is 9.53 Å². The molecule has 1 unspecified atom stereocenters. The number of nitrogens with one attached hydrogen (secondary N) is 1. The number of likely N-dealkylation sites (N-methyl/N-ethyl adjacent to an activating group) is 1. The van der Waals surface area contributed by atoms with Gasteiger partial charge in [0.2, 0.25) is 0 Å². The van der Waals surface area contributed by atoms with Gasteiger partial charge in [-0.15, -0.1) is 0 Å². The van der Waals surface area contributed by atoms with Crippen LogP contribution in [0.1, 0.15) is 25.5 Å². The quantitative estimate of drug-likeness (QED) is 0.838. The van der Waals surface area contributed by atoms with E-state index in [-0.39, 0.29) is 12.1 Å². The number of alkyl carbamates (subject to hydrolysis) is 1. The van der Waals surface area contributed by atoms with Crippen LogP contribution >= 0.6 is 0 Å². The molecule has 1 rings (SSSR count). The lowest BCUT2D eigenvalue weighted by Gasteiger charge is -2.27. The molecule has 0 aliphatic heterocycles. The second-order valence-corrected chi connectivity index (χ2v) is 4.01. The van der Waals surface area contributed by atoms with E-state index in [1.54, 1.807) is 6.20 Å². The maximum absolute atomic E-state index is 11.0. The predicted molar refractivity (Wildman–Crippen MR) is 70.3 cm³/mol. The van der Waals surface area contributed by atoms with Gasteiger partial charge in [-0.1, -0.05) is 13.0 Å². The smallest absolute Gasteiger partial charge is 0.406 e. The fourth-order valence-corrected chi connectivity index (χ4v) is 1.83. The van der Waals surface area contributed by atoms with Gasteiger partial charge in [-0.2, -0.15) is 0 Å². The third-order valence-corrected chi connectivity index (χ3v) is 2.97. The van der Waals surface area contributed by atoms with E-state index >= 15 is 0 Å². The van der Waals surface area contributed by atoms with E-state index in [9.17, 15) is 4.79 Å². The molecule has 5 nitrogen and oxygen atoms in total. The third kappa shape index (κ3) is 4.33. The molecule has 0 radical (unpaired) electrons. The van der Waals surface area contributed by atoms with Crippen LogP contribution in [-0.2, 0) is 4.74 Å². The van der Waals surface area contributed by atoms with Crippen LogP contribution in [0.15, 0.2) is 24.5 Å². The van der Waals surface area contributed by atoms with Crippen molar-refractivity contribution in [2.24, 2.45) is 0 Å². The van der Waals surface area contributed by atoms with Crippen molar-refractivity contribution in [1.29, 1.82) is 0 Å². The van der Waals surface area contributed by atoms with E-state index in [2.05, 4.69) is 39.9 Å². The summed E-state index contributed by atoms with van der Waals surface area (Å²) >= 11 is 0. The zero-order chi connectivity index (χ0) is 13.4. The fraction of sp³-hybridized carbons (Fsp3) is 0.538. The molecule has 1 atom stereocenters. The van der Waals surface area contributed by atoms with Crippen molar-refractivity contribution in [2.75, 3.05) is 26.7 Å². The van der Waals surface area contributed by atoms with Crippen LogP contribution in [0, 0.1) is 0 Å². The molecular formula is C13H21N3O2. The first-order valence-corrected chi connectivity index (χ1v) is 6.14. The van der Waals surface area contributed by atoms with Gasteiger partial charge in [-0.25, -0.2) is 4.79 Å². The number of pyridine rings is 1. The second kappa shape index (κ2) is 7.66. The highest BCUT2D eigenvalue weighted by atomic mass is 16.5. The maximum Gasteiger partial charge on any atom is 0.406 e. The molecule has 1 aromatic rings. The van der Waals surface area contributed by atoms with Gasteiger partial charge in [-0.3, -0.25) is 9.88 Å². The number of ether oxygens (including phenoxy) is 1. The number of hydrogen-bond donors (Lipinski definition) is 1. The largest absolute Gasteiger partial charge is 0.453 e. The molecule has 0 spiro atoms. The van der Waals surface area contributed by atoms with Crippen LogP contribution in [-0.4, -0.2) is 42.7 Å². The molecular weight excluding hydrogens is 230 g/mol. The normalized spacial score (nSPS) is 12.2. The van der Waals surface area contributed by atoms with E-state index in [4.69, 9.17) is 0 Å². The number of amides is 1. The van der Waals surface area contributed by atoms with Crippen molar-refractivity contribution in [3.8, 4) is 0 Å². The topological polar surface area (TPSA) is 54.5 Å². The summed E-state index contributed by atoms with van der Waals surface area (Å²) in [7, 11) is 1.37. The highest BCUT2D eigenvalue weighted by Gasteiger charge is 2.14. The van der Waals surface area contributed by atoms with Crippen molar-refractivity contribution in [3.63, 3.8) is 0 Å². The van der Waals surface area contributed by atoms with Gasteiger partial charge in [0, 0.05) is 31.5 Å². The van der Waals surface area contributed by atoms with Crippen LogP contribution in [0.5, 0.6) is 0 Å². The molecule has 0 aromatic carbocycles. The minimum atomic E-state index is -0.389. The molecule has 1 heterocycles. The van der Waals surface area contributed by atoms with Crippen LogP contribution < -0.4 is 5.32 Å². The Kier molecular flexibility index (Phi) is 6.14. The Labute approximate surface area is 108 Å². The number of methoxy groups -OCH3 is 1. The van der Waals surface area contributed by atoms with E-state index in [1.165, 1.54) is 12.7 Å². The van der Waals surface area contributed by atoms with Crippen molar-refractivity contribution >= 4 is 6.09 Å². The van der Waals surface area contributed by atoms with Gasteiger partial charge in [0.25, 0.3) is 0 Å². The SMILES string of the molecule is CCN(CCNC(=O)OC)C(C)c1cccnc1. The summed E-state index contributed by atoms with van der Waals surface area (Å²) in [4.78, 5) is 17.4. The Morgan fingerprint density at radius 3 is 2.94 bits per heavy atom. The molecule has 0 saturated carbocycles. The Morgan fingerprint density at radius 2 is 2.39 bits per heavy atom. The first-order valence-electron chi connectivity index (χ1n) is 6.14. The van der Waals surface area contributed by atoms with E-state index in [1.807, 2.05) is 12.3 Å². The molecule has 0 aliphatic carbocycles. The number of carbonyl (C=O) groups is 1. The lowest BCUT2D eigenvalue weighted by molar-refractivity contribution is 0.165. The number of rotatable bonds is 6. The molecule has 0 saturated heterocycles. The average Bonchev–Trinajstić information content (AvgIpc) is 2.43. The number of aromatic nitrogens is 1. The van der Waals surface area contributed by atoms with Gasteiger partial charge in [0.15, 0.2) is 0 Å². The minimum Gasteiger partial charge on any atom is -0.453 e. The van der Waals surface area contributed by atoms with Crippen molar-refractivity contribution in [2.45, 2.75) is 19.9 Å². The third-order valence-electron chi connectivity index (χ3n) is 2.97. The van der Waals surface area contributed by atoms with Crippen LogP contribution in [0.2, 0.25) is 0 Å². The monoisotopic (exact) mass is 251 g/mol. The van der Waals surface area contributed by atoms with Crippen molar-refractivity contribution in [1.82, 2.24) is 15.2 Å². The van der Waals surface area contributed by atoms with E-state index in [0.717, 1.165) is 13.1 Å². The van der Waals surface area contributed by atoms with Crippen LogP contribution in [0.25, 0.3) is 0 Å². The summed E-state index contributed by atoms with van der Waals surface area (Å²) in [6.45, 7) is 6.51. The summed E-state index contributed by atoms with van der Waals surface area (Å²) in [5.41, 5.74) is 1.18. The molecule has 18 heavy (non-hydrogen) atoms. The first kappa shape index (κ1) is 14.4. The Morgan fingerprint density at radius 1 is 1.61 bits per heavy atom. The van der Waals surface area contributed by atoms with Gasteiger partial charge >= 0.3 is 6.09 Å². The summed E-state index contributed by atoms with van der Waals surface area (Å²) in [5, 5.41) is 2.69. The Hall–Kier alpha value is -1.62. The molecule has 5 heteroatoms. The van der Waals surface area contributed by atoms with Gasteiger partial charge in [0.1, 0.15) is 0 Å². The highest BCUT2D eigenvalue weighted by Crippen LogP contribution is 2.17. The standard InChI is InChI=1S/C13H21N3O2/c1-4-16(9-8-15-13(17)18-3)11(2)12-6-5-7-14-10-12/h5-7,10-11H,4,8-9H2,1-3H3,(H,15,17). The van der Waals surface area contributed by atoms with Crippen LogP contribution in [0.3, 0.4) is 0 Å². The molecule has 0 bridgehead atoms. The Bertz CT molecular complexity index is 357. The van der Waals surface area contributed by atoms with Gasteiger partial charge < -0.3 is 10.1 Å². The molecule has 1 N–H and O–H groups in total. The number of nitrogens with zero attached hydrogens (tertiary/aromatic N) is 2. The minimum absolute atomic E-state index is 0.281. The molecule has 1 aromatic heterocycles. The predicted octanol–water partition coefficient (Wildman–Crippen LogP) is 1.82. The number of hydrogen-bond acceptors (Lipinski definition) is 4. The van der Waals surface area contributed by atoms with Gasteiger partial charge in [-0.05, 0) is 25.1 Å². The van der Waals surface area contributed by atoms with Crippen molar-refractivity contribution in [3.05, 3.63) is 30.1 Å². The lowest BCUT2D eigenvalue weighted by Crippen LogP contribution is -2.36. The summed E-state index contributed by atoms with van der Waals surface area (Å²) in [5.74, 6) is 0.